The van der Waals surface area contributed by atoms with Crippen molar-refractivity contribution in [3.8, 4) is 11.8 Å². The highest BCUT2D eigenvalue weighted by atomic mass is 35.5. The number of ether oxygens (including phenoxy) is 1. The Labute approximate surface area is 115 Å². The Hall–Kier alpha value is -1.72. The van der Waals surface area contributed by atoms with Gasteiger partial charge in [0.05, 0.1) is 5.02 Å². The quantitative estimate of drug-likeness (QED) is 0.876. The van der Waals surface area contributed by atoms with Gasteiger partial charge in [0, 0.05) is 6.20 Å². The van der Waals surface area contributed by atoms with Gasteiger partial charge >= 0.3 is 6.01 Å². The topological polar surface area (TPSA) is 61.0 Å². The maximum Gasteiger partial charge on any atom is 0.322 e. The first-order valence-corrected chi connectivity index (χ1v) is 5.92. The molecule has 6 heteroatoms. The van der Waals surface area contributed by atoms with Crippen LogP contribution in [0.1, 0.15) is 11.3 Å². The molecule has 0 atom stereocenters. The molecule has 2 N–H and O–H groups in total. The molecule has 2 rings (SSSR count). The second kappa shape index (κ2) is 5.29. The van der Waals surface area contributed by atoms with Crippen LogP contribution in [0.25, 0.3) is 0 Å². The van der Waals surface area contributed by atoms with Gasteiger partial charge in [-0.25, -0.2) is 4.98 Å². The number of nitrogens with zero attached hydrogens (tertiary/aromatic N) is 2. The van der Waals surface area contributed by atoms with Crippen molar-refractivity contribution in [3.05, 3.63) is 46.7 Å². The van der Waals surface area contributed by atoms with Crippen LogP contribution in [0.4, 0.5) is 0 Å². The monoisotopic (exact) mass is 279 g/mol. The van der Waals surface area contributed by atoms with E-state index in [1.807, 2.05) is 13.0 Å². The molecule has 92 valence electrons. The molecule has 0 spiro atoms. The summed E-state index contributed by atoms with van der Waals surface area (Å²) in [5.41, 5.74) is 6.97. The lowest BCUT2D eigenvalue weighted by molar-refractivity contribution is 0.441. The number of nitrogens with two attached hydrogens (primary N) is 1. The van der Waals surface area contributed by atoms with Gasteiger partial charge in [-0.1, -0.05) is 29.9 Å². The summed E-state index contributed by atoms with van der Waals surface area (Å²) >= 11 is 10.9. The first-order chi connectivity index (χ1) is 8.56. The van der Waals surface area contributed by atoms with E-state index in [0.717, 1.165) is 5.56 Å². The molecule has 0 saturated heterocycles. The summed E-state index contributed by atoms with van der Waals surface area (Å²) in [6.07, 6.45) is 1.53. The summed E-state index contributed by atoms with van der Waals surface area (Å²) in [7, 11) is 0. The molecule has 0 aliphatic carbocycles. The maximum absolute atomic E-state index is 6.02. The zero-order chi connectivity index (χ0) is 13.1. The molecule has 1 aromatic carbocycles. The number of thiocarbonyl (C=S) groups is 1. The van der Waals surface area contributed by atoms with E-state index >= 15 is 0 Å². The Morgan fingerprint density at radius 3 is 2.89 bits per heavy atom. The van der Waals surface area contributed by atoms with Gasteiger partial charge in [-0.2, -0.15) is 4.98 Å². The van der Waals surface area contributed by atoms with E-state index in [0.29, 0.717) is 16.5 Å². The van der Waals surface area contributed by atoms with E-state index in [1.165, 1.54) is 6.20 Å². The van der Waals surface area contributed by atoms with Gasteiger partial charge in [-0.3, -0.25) is 0 Å². The van der Waals surface area contributed by atoms with E-state index in [4.69, 9.17) is 34.3 Å². The van der Waals surface area contributed by atoms with Crippen molar-refractivity contribution < 1.29 is 4.74 Å². The first kappa shape index (κ1) is 12.7. The van der Waals surface area contributed by atoms with Crippen LogP contribution in [0.15, 0.2) is 30.5 Å². The van der Waals surface area contributed by atoms with Crippen LogP contribution in [0.5, 0.6) is 11.8 Å². The van der Waals surface area contributed by atoms with Crippen molar-refractivity contribution >= 4 is 28.8 Å². The highest BCUT2D eigenvalue weighted by Gasteiger charge is 2.07. The Balaban J connectivity index is 2.31. The van der Waals surface area contributed by atoms with E-state index in [-0.39, 0.29) is 11.0 Å². The molecule has 0 saturated carbocycles. The van der Waals surface area contributed by atoms with Gasteiger partial charge in [0.1, 0.15) is 16.4 Å². The third kappa shape index (κ3) is 2.94. The number of hydrogen-bond acceptors (Lipinski definition) is 4. The van der Waals surface area contributed by atoms with Crippen molar-refractivity contribution in [3.63, 3.8) is 0 Å². The fourth-order valence-electron chi connectivity index (χ4n) is 1.31. The Kier molecular flexibility index (Phi) is 3.74. The molecule has 0 unspecified atom stereocenters. The molecule has 1 heterocycles. The second-order valence-corrected chi connectivity index (χ2v) is 4.47. The number of benzene rings is 1. The summed E-state index contributed by atoms with van der Waals surface area (Å²) in [4.78, 5) is 8.25. The van der Waals surface area contributed by atoms with Gasteiger partial charge < -0.3 is 10.5 Å². The third-order valence-corrected chi connectivity index (χ3v) is 2.70. The summed E-state index contributed by atoms with van der Waals surface area (Å²) in [6.45, 7) is 1.94. The van der Waals surface area contributed by atoms with Crippen molar-refractivity contribution in [2.24, 2.45) is 5.73 Å². The van der Waals surface area contributed by atoms with Crippen molar-refractivity contribution in [2.75, 3.05) is 0 Å². The SMILES string of the molecule is Cc1ccc(Cl)c(Oc2nccc(C(N)=S)n2)c1. The summed E-state index contributed by atoms with van der Waals surface area (Å²) in [5, 5.41) is 0.491. The summed E-state index contributed by atoms with van der Waals surface area (Å²) in [6, 6.07) is 7.23. The van der Waals surface area contributed by atoms with Gasteiger partial charge in [0.25, 0.3) is 0 Å². The maximum atomic E-state index is 6.02. The van der Waals surface area contributed by atoms with Crippen molar-refractivity contribution in [1.82, 2.24) is 9.97 Å². The minimum Gasteiger partial charge on any atom is -0.423 e. The molecule has 1 aromatic heterocycles. The van der Waals surface area contributed by atoms with Crippen LogP contribution in [-0.4, -0.2) is 15.0 Å². The second-order valence-electron chi connectivity index (χ2n) is 3.62. The Morgan fingerprint density at radius 1 is 1.39 bits per heavy atom. The first-order valence-electron chi connectivity index (χ1n) is 5.13. The minimum atomic E-state index is 0.160. The number of hydrogen-bond donors (Lipinski definition) is 1. The number of rotatable bonds is 3. The Morgan fingerprint density at radius 2 is 2.17 bits per heavy atom. The molecule has 0 bridgehead atoms. The normalized spacial score (nSPS) is 10.1. The molecule has 0 amide bonds. The smallest absolute Gasteiger partial charge is 0.322 e. The molecule has 4 nitrogen and oxygen atoms in total. The molecular weight excluding hydrogens is 270 g/mol. The molecule has 0 fully saturated rings. The minimum absolute atomic E-state index is 0.160. The van der Waals surface area contributed by atoms with Crippen LogP contribution in [-0.2, 0) is 0 Å². The van der Waals surface area contributed by atoms with Gasteiger partial charge in [-0.05, 0) is 30.7 Å². The number of halogens is 1. The average molecular weight is 280 g/mol. The van der Waals surface area contributed by atoms with Gasteiger partial charge in [-0.15, -0.1) is 0 Å². The highest BCUT2D eigenvalue weighted by Crippen LogP contribution is 2.28. The Bertz CT molecular complexity index is 604. The van der Waals surface area contributed by atoms with Crippen LogP contribution >= 0.6 is 23.8 Å². The largest absolute Gasteiger partial charge is 0.423 e. The highest BCUT2D eigenvalue weighted by molar-refractivity contribution is 7.80. The molecule has 0 aliphatic heterocycles. The van der Waals surface area contributed by atoms with Crippen molar-refractivity contribution in [1.29, 1.82) is 0 Å². The van der Waals surface area contributed by atoms with E-state index < -0.39 is 0 Å². The van der Waals surface area contributed by atoms with Gasteiger partial charge in [0.15, 0.2) is 0 Å². The third-order valence-electron chi connectivity index (χ3n) is 2.17. The van der Waals surface area contributed by atoms with Crippen LogP contribution < -0.4 is 10.5 Å². The fourth-order valence-corrected chi connectivity index (χ4v) is 1.58. The summed E-state index contributed by atoms with van der Waals surface area (Å²) < 4.78 is 5.51. The van der Waals surface area contributed by atoms with Crippen molar-refractivity contribution in [2.45, 2.75) is 6.92 Å². The van der Waals surface area contributed by atoms with E-state index in [2.05, 4.69) is 9.97 Å². The predicted molar refractivity (Wildman–Crippen MR) is 74.2 cm³/mol. The number of aryl methyl sites for hydroxylation is 1. The predicted octanol–water partition coefficient (Wildman–Crippen LogP) is 2.86. The summed E-state index contributed by atoms with van der Waals surface area (Å²) in [5.74, 6) is 0.497. The lowest BCUT2D eigenvalue weighted by atomic mass is 10.2. The molecule has 2 aromatic rings. The van der Waals surface area contributed by atoms with Crippen LogP contribution in [0, 0.1) is 6.92 Å². The molecule has 18 heavy (non-hydrogen) atoms. The zero-order valence-electron chi connectivity index (χ0n) is 9.55. The van der Waals surface area contributed by atoms with E-state index in [9.17, 15) is 0 Å². The lowest BCUT2D eigenvalue weighted by Crippen LogP contribution is -2.12. The average Bonchev–Trinajstić information content (AvgIpc) is 2.34. The van der Waals surface area contributed by atoms with Gasteiger partial charge in [0.2, 0.25) is 0 Å². The number of aromatic nitrogens is 2. The lowest BCUT2D eigenvalue weighted by Gasteiger charge is -2.07. The standard InChI is InChI=1S/C12H10ClN3OS/c1-7-2-3-8(13)10(6-7)17-12-15-5-4-9(16-12)11(14)18/h2-6H,1H3,(H2,14,18). The van der Waals surface area contributed by atoms with Crippen LogP contribution in [0.2, 0.25) is 5.02 Å². The molecule has 0 radical (unpaired) electrons. The molecular formula is C12H10ClN3OS. The molecule has 0 aliphatic rings. The zero-order valence-corrected chi connectivity index (χ0v) is 11.1. The van der Waals surface area contributed by atoms with E-state index in [1.54, 1.807) is 18.2 Å². The fraction of sp³-hybridized carbons (Fsp3) is 0.0833. The van der Waals surface area contributed by atoms with Crippen LogP contribution in [0.3, 0.4) is 0 Å².